The second-order valence-electron chi connectivity index (χ2n) is 2.94. The number of halogens is 2. The highest BCUT2D eigenvalue weighted by atomic mass is 35.5. The third kappa shape index (κ3) is 2.83. The van der Waals surface area contributed by atoms with Crippen molar-refractivity contribution in [3.05, 3.63) is 28.5 Å². The van der Waals surface area contributed by atoms with Crippen molar-refractivity contribution in [1.82, 2.24) is 0 Å². The first-order valence-corrected chi connectivity index (χ1v) is 4.66. The number of carboxylic acids is 1. The zero-order valence-corrected chi connectivity index (χ0v) is 8.84. The minimum Gasteiger partial charge on any atom is -0.494 e. The summed E-state index contributed by atoms with van der Waals surface area (Å²) in [5.74, 6) is -1.51. The second-order valence-corrected chi connectivity index (χ2v) is 3.34. The Kier molecular flexibility index (Phi) is 3.91. The van der Waals surface area contributed by atoms with Crippen LogP contribution >= 0.6 is 11.6 Å². The van der Waals surface area contributed by atoms with Crippen LogP contribution in [0.3, 0.4) is 0 Å². The van der Waals surface area contributed by atoms with Crippen molar-refractivity contribution in [2.24, 2.45) is 0 Å². The van der Waals surface area contributed by atoms with Gasteiger partial charge in [0.2, 0.25) is 0 Å². The Bertz CT molecular complexity index is 379. The molecule has 0 aromatic heterocycles. The highest BCUT2D eigenvalue weighted by molar-refractivity contribution is 6.31. The van der Waals surface area contributed by atoms with Crippen molar-refractivity contribution >= 4 is 17.6 Å². The molecule has 0 unspecified atom stereocenters. The van der Waals surface area contributed by atoms with Crippen LogP contribution in [0.25, 0.3) is 0 Å². The fourth-order valence-corrected chi connectivity index (χ4v) is 1.44. The smallest absolute Gasteiger partial charge is 0.303 e. The van der Waals surface area contributed by atoms with Gasteiger partial charge in [0.05, 0.1) is 7.11 Å². The van der Waals surface area contributed by atoms with Gasteiger partial charge < -0.3 is 9.84 Å². The van der Waals surface area contributed by atoms with Crippen LogP contribution in [0.4, 0.5) is 4.39 Å². The van der Waals surface area contributed by atoms with Crippen LogP contribution in [-0.4, -0.2) is 18.2 Å². The molecular formula is C10H10ClFO3. The summed E-state index contributed by atoms with van der Waals surface area (Å²) in [5, 5.41) is 8.70. The van der Waals surface area contributed by atoms with Gasteiger partial charge in [-0.3, -0.25) is 4.79 Å². The van der Waals surface area contributed by atoms with E-state index in [4.69, 9.17) is 21.4 Å². The molecule has 1 aromatic carbocycles. The molecule has 5 heteroatoms. The molecule has 1 aromatic rings. The van der Waals surface area contributed by atoms with Gasteiger partial charge in [0, 0.05) is 17.0 Å². The van der Waals surface area contributed by atoms with Gasteiger partial charge in [-0.05, 0) is 18.6 Å². The Morgan fingerprint density at radius 3 is 2.80 bits per heavy atom. The minimum absolute atomic E-state index is 0.0528. The molecule has 0 heterocycles. The summed E-state index contributed by atoms with van der Waals surface area (Å²) < 4.78 is 18.3. The van der Waals surface area contributed by atoms with Crippen molar-refractivity contribution in [2.45, 2.75) is 12.8 Å². The molecular weight excluding hydrogens is 223 g/mol. The van der Waals surface area contributed by atoms with E-state index < -0.39 is 11.8 Å². The zero-order valence-electron chi connectivity index (χ0n) is 8.09. The van der Waals surface area contributed by atoms with Crippen LogP contribution in [0.1, 0.15) is 12.0 Å². The molecule has 0 atom stereocenters. The summed E-state index contributed by atoms with van der Waals surface area (Å²) in [6.45, 7) is 0. The predicted molar refractivity (Wildman–Crippen MR) is 53.9 cm³/mol. The third-order valence-corrected chi connectivity index (χ3v) is 2.31. The third-order valence-electron chi connectivity index (χ3n) is 1.96. The number of ether oxygens (including phenoxy) is 1. The predicted octanol–water partition coefficient (Wildman–Crippen LogP) is 2.50. The molecule has 0 amide bonds. The lowest BCUT2D eigenvalue weighted by molar-refractivity contribution is -0.136. The van der Waals surface area contributed by atoms with Gasteiger partial charge in [-0.15, -0.1) is 0 Å². The maximum atomic E-state index is 13.6. The maximum absolute atomic E-state index is 13.6. The lowest BCUT2D eigenvalue weighted by Crippen LogP contribution is -2.01. The van der Waals surface area contributed by atoms with Crippen molar-refractivity contribution in [3.63, 3.8) is 0 Å². The van der Waals surface area contributed by atoms with E-state index in [1.54, 1.807) is 0 Å². The fourth-order valence-electron chi connectivity index (χ4n) is 1.19. The molecule has 0 bridgehead atoms. The standard InChI is InChI=1S/C10H10ClFO3/c1-15-8-4-3-7(11)6(10(8)12)2-5-9(13)14/h3-4H,2,5H2,1H3,(H,13,14). The zero-order chi connectivity index (χ0) is 11.4. The van der Waals surface area contributed by atoms with Crippen LogP contribution < -0.4 is 4.74 Å². The van der Waals surface area contributed by atoms with E-state index in [-0.39, 0.29) is 29.2 Å². The van der Waals surface area contributed by atoms with E-state index in [9.17, 15) is 9.18 Å². The van der Waals surface area contributed by atoms with Gasteiger partial charge >= 0.3 is 5.97 Å². The van der Waals surface area contributed by atoms with Crippen LogP contribution in [0.5, 0.6) is 5.75 Å². The normalized spacial score (nSPS) is 10.1. The first-order valence-electron chi connectivity index (χ1n) is 4.29. The summed E-state index contributed by atoms with van der Waals surface area (Å²) in [5.41, 5.74) is 0.179. The summed E-state index contributed by atoms with van der Waals surface area (Å²) in [7, 11) is 1.34. The highest BCUT2D eigenvalue weighted by Gasteiger charge is 2.13. The van der Waals surface area contributed by atoms with Crippen molar-refractivity contribution in [1.29, 1.82) is 0 Å². The number of carbonyl (C=O) groups is 1. The van der Waals surface area contributed by atoms with Gasteiger partial charge in [0.15, 0.2) is 11.6 Å². The molecule has 0 aliphatic heterocycles. The summed E-state index contributed by atoms with van der Waals surface area (Å²) >= 11 is 5.75. The average Bonchev–Trinajstić information content (AvgIpc) is 2.17. The summed E-state index contributed by atoms with van der Waals surface area (Å²) in [6.07, 6.45) is -0.110. The molecule has 1 N–H and O–H groups in total. The van der Waals surface area contributed by atoms with Crippen LogP contribution in [0, 0.1) is 5.82 Å². The molecule has 0 radical (unpaired) electrons. The summed E-state index contributed by atoms with van der Waals surface area (Å²) in [4.78, 5) is 10.4. The largest absolute Gasteiger partial charge is 0.494 e. The maximum Gasteiger partial charge on any atom is 0.303 e. The molecule has 0 aliphatic rings. The van der Waals surface area contributed by atoms with E-state index in [0.717, 1.165) is 0 Å². The second kappa shape index (κ2) is 4.98. The first-order chi connectivity index (χ1) is 7.06. The Labute approximate surface area is 91.4 Å². The molecule has 0 saturated carbocycles. The number of rotatable bonds is 4. The van der Waals surface area contributed by atoms with Gasteiger partial charge in [0.1, 0.15) is 0 Å². The average molecular weight is 233 g/mol. The molecule has 0 spiro atoms. The van der Waals surface area contributed by atoms with E-state index in [1.165, 1.54) is 19.2 Å². The van der Waals surface area contributed by atoms with Gasteiger partial charge in [-0.2, -0.15) is 0 Å². The van der Waals surface area contributed by atoms with Crippen LogP contribution in [-0.2, 0) is 11.2 Å². The topological polar surface area (TPSA) is 46.5 Å². The molecule has 1 rings (SSSR count). The molecule has 82 valence electrons. The molecule has 3 nitrogen and oxygen atoms in total. The van der Waals surface area contributed by atoms with Crippen molar-refractivity contribution in [2.75, 3.05) is 7.11 Å². The number of hydrogen-bond donors (Lipinski definition) is 1. The quantitative estimate of drug-likeness (QED) is 0.868. The van der Waals surface area contributed by atoms with E-state index in [1.807, 2.05) is 0 Å². The molecule has 0 saturated heterocycles. The Hall–Kier alpha value is -1.29. The minimum atomic E-state index is -0.992. The number of aliphatic carboxylic acids is 1. The number of hydrogen-bond acceptors (Lipinski definition) is 2. The van der Waals surface area contributed by atoms with Crippen LogP contribution in [0.15, 0.2) is 12.1 Å². The van der Waals surface area contributed by atoms with Gasteiger partial charge in [0.25, 0.3) is 0 Å². The van der Waals surface area contributed by atoms with Crippen molar-refractivity contribution in [3.8, 4) is 5.75 Å². The number of benzene rings is 1. The molecule has 15 heavy (non-hydrogen) atoms. The Morgan fingerprint density at radius 1 is 1.60 bits per heavy atom. The lowest BCUT2D eigenvalue weighted by Gasteiger charge is -2.08. The Balaban J connectivity index is 2.98. The Morgan fingerprint density at radius 2 is 2.27 bits per heavy atom. The van der Waals surface area contributed by atoms with Crippen LogP contribution in [0.2, 0.25) is 5.02 Å². The molecule has 0 fully saturated rings. The number of methoxy groups -OCH3 is 1. The SMILES string of the molecule is COc1ccc(Cl)c(CCC(=O)O)c1F. The lowest BCUT2D eigenvalue weighted by atomic mass is 10.1. The van der Waals surface area contributed by atoms with E-state index in [2.05, 4.69) is 0 Å². The van der Waals surface area contributed by atoms with E-state index >= 15 is 0 Å². The van der Waals surface area contributed by atoms with E-state index in [0.29, 0.717) is 0 Å². The molecule has 0 aliphatic carbocycles. The van der Waals surface area contributed by atoms with Gasteiger partial charge in [-0.1, -0.05) is 11.6 Å². The first kappa shape index (κ1) is 11.8. The fraction of sp³-hybridized carbons (Fsp3) is 0.300. The monoisotopic (exact) mass is 232 g/mol. The van der Waals surface area contributed by atoms with Crippen molar-refractivity contribution < 1.29 is 19.0 Å². The van der Waals surface area contributed by atoms with Gasteiger partial charge in [-0.25, -0.2) is 4.39 Å². The summed E-state index contributed by atoms with van der Waals surface area (Å²) in [6, 6.07) is 2.89. The highest BCUT2D eigenvalue weighted by Crippen LogP contribution is 2.27. The number of carboxylic acid groups (broad SMARTS) is 1.